The summed E-state index contributed by atoms with van der Waals surface area (Å²) < 4.78 is 0. The molecule has 1 saturated carbocycles. The smallest absolute Gasteiger partial charge is 0.0820 e. The SMILES string of the molecule is CC1CC1C(O)c1ccccc1. The van der Waals surface area contributed by atoms with Gasteiger partial charge in [-0.1, -0.05) is 37.3 Å². The maximum absolute atomic E-state index is 9.83. The molecule has 1 N–H and O–H groups in total. The Labute approximate surface area is 73.0 Å². The van der Waals surface area contributed by atoms with Crippen molar-refractivity contribution >= 4 is 0 Å². The van der Waals surface area contributed by atoms with E-state index in [4.69, 9.17) is 0 Å². The molecule has 1 aromatic rings. The molecular formula is C11H14O. The Morgan fingerprint density at radius 2 is 1.92 bits per heavy atom. The Balaban J connectivity index is 2.10. The first kappa shape index (κ1) is 7.81. The van der Waals surface area contributed by atoms with Gasteiger partial charge in [0, 0.05) is 0 Å². The monoisotopic (exact) mass is 162 g/mol. The van der Waals surface area contributed by atoms with Crippen molar-refractivity contribution in [2.24, 2.45) is 11.8 Å². The zero-order valence-corrected chi connectivity index (χ0v) is 7.27. The molecule has 0 bridgehead atoms. The van der Waals surface area contributed by atoms with Crippen LogP contribution in [0.15, 0.2) is 30.3 Å². The zero-order chi connectivity index (χ0) is 8.55. The second kappa shape index (κ2) is 2.91. The van der Waals surface area contributed by atoms with Crippen molar-refractivity contribution in [3.8, 4) is 0 Å². The van der Waals surface area contributed by atoms with Gasteiger partial charge in [0.2, 0.25) is 0 Å². The molecule has 0 aromatic heterocycles. The second-order valence-electron chi connectivity index (χ2n) is 3.73. The highest BCUT2D eigenvalue weighted by Crippen LogP contribution is 2.46. The van der Waals surface area contributed by atoms with Gasteiger partial charge in [0.1, 0.15) is 0 Å². The van der Waals surface area contributed by atoms with Gasteiger partial charge in [-0.05, 0) is 23.8 Å². The number of aliphatic hydroxyl groups is 1. The van der Waals surface area contributed by atoms with Crippen molar-refractivity contribution in [3.63, 3.8) is 0 Å². The van der Waals surface area contributed by atoms with Crippen LogP contribution in [0.5, 0.6) is 0 Å². The topological polar surface area (TPSA) is 20.2 Å². The Bertz CT molecular complexity index is 255. The van der Waals surface area contributed by atoms with E-state index in [0.29, 0.717) is 11.8 Å². The van der Waals surface area contributed by atoms with Gasteiger partial charge in [-0.2, -0.15) is 0 Å². The summed E-state index contributed by atoms with van der Waals surface area (Å²) in [6, 6.07) is 9.93. The third kappa shape index (κ3) is 1.37. The normalized spacial score (nSPS) is 29.8. The van der Waals surface area contributed by atoms with Gasteiger partial charge in [0.05, 0.1) is 6.10 Å². The maximum Gasteiger partial charge on any atom is 0.0820 e. The van der Waals surface area contributed by atoms with Gasteiger partial charge in [-0.3, -0.25) is 0 Å². The maximum atomic E-state index is 9.83. The summed E-state index contributed by atoms with van der Waals surface area (Å²) in [5.74, 6) is 1.22. The van der Waals surface area contributed by atoms with Crippen molar-refractivity contribution in [2.45, 2.75) is 19.4 Å². The molecule has 3 unspecified atom stereocenters. The molecule has 1 fully saturated rings. The van der Waals surface area contributed by atoms with Gasteiger partial charge in [0.25, 0.3) is 0 Å². The first-order chi connectivity index (χ1) is 5.79. The minimum atomic E-state index is -0.235. The summed E-state index contributed by atoms with van der Waals surface area (Å²) in [4.78, 5) is 0. The van der Waals surface area contributed by atoms with Crippen molar-refractivity contribution in [1.82, 2.24) is 0 Å². The molecule has 12 heavy (non-hydrogen) atoms. The summed E-state index contributed by atoms with van der Waals surface area (Å²) in [5, 5.41) is 9.83. The highest BCUT2D eigenvalue weighted by Gasteiger charge is 2.39. The molecule has 1 heteroatoms. The Hall–Kier alpha value is -0.820. The standard InChI is InChI=1S/C11H14O/c1-8-7-10(8)11(12)9-5-3-2-4-6-9/h2-6,8,10-12H,7H2,1H3. The van der Waals surface area contributed by atoms with Crippen LogP contribution < -0.4 is 0 Å². The molecular weight excluding hydrogens is 148 g/mol. The lowest BCUT2D eigenvalue weighted by molar-refractivity contribution is 0.148. The second-order valence-corrected chi connectivity index (χ2v) is 3.73. The van der Waals surface area contributed by atoms with Gasteiger partial charge >= 0.3 is 0 Å². The molecule has 3 atom stereocenters. The highest BCUT2D eigenvalue weighted by atomic mass is 16.3. The van der Waals surface area contributed by atoms with Crippen molar-refractivity contribution in [1.29, 1.82) is 0 Å². The largest absolute Gasteiger partial charge is 0.388 e. The Morgan fingerprint density at radius 3 is 2.42 bits per heavy atom. The van der Waals surface area contributed by atoms with Crippen LogP contribution in [0.3, 0.4) is 0 Å². The number of hydrogen-bond donors (Lipinski definition) is 1. The van der Waals surface area contributed by atoms with E-state index < -0.39 is 0 Å². The van der Waals surface area contributed by atoms with E-state index >= 15 is 0 Å². The predicted molar refractivity (Wildman–Crippen MR) is 48.7 cm³/mol. The van der Waals surface area contributed by atoms with E-state index in [1.807, 2.05) is 30.3 Å². The fourth-order valence-corrected chi connectivity index (χ4v) is 1.69. The quantitative estimate of drug-likeness (QED) is 0.707. The summed E-state index contributed by atoms with van der Waals surface area (Å²) in [6.45, 7) is 2.19. The van der Waals surface area contributed by atoms with Crippen molar-refractivity contribution < 1.29 is 5.11 Å². The lowest BCUT2D eigenvalue weighted by Gasteiger charge is -2.08. The van der Waals surface area contributed by atoms with Crippen LogP contribution in [0.2, 0.25) is 0 Å². The molecule has 1 aromatic carbocycles. The van der Waals surface area contributed by atoms with Gasteiger partial charge < -0.3 is 5.11 Å². The summed E-state index contributed by atoms with van der Waals surface area (Å²) >= 11 is 0. The lowest BCUT2D eigenvalue weighted by Crippen LogP contribution is -2.00. The summed E-state index contributed by atoms with van der Waals surface area (Å²) in [6.07, 6.45) is 0.942. The lowest BCUT2D eigenvalue weighted by atomic mass is 10.0. The van der Waals surface area contributed by atoms with Gasteiger partial charge in [-0.25, -0.2) is 0 Å². The van der Waals surface area contributed by atoms with E-state index in [0.717, 1.165) is 5.56 Å². The molecule has 1 aliphatic carbocycles. The molecule has 0 amide bonds. The van der Waals surface area contributed by atoms with Gasteiger partial charge in [-0.15, -0.1) is 0 Å². The van der Waals surface area contributed by atoms with Crippen LogP contribution in [-0.4, -0.2) is 5.11 Å². The first-order valence-corrected chi connectivity index (χ1v) is 4.52. The fraction of sp³-hybridized carbons (Fsp3) is 0.455. The van der Waals surface area contributed by atoms with Crippen LogP contribution in [-0.2, 0) is 0 Å². The van der Waals surface area contributed by atoms with Crippen LogP contribution in [0, 0.1) is 11.8 Å². The minimum absolute atomic E-state index is 0.235. The van der Waals surface area contributed by atoms with E-state index in [-0.39, 0.29) is 6.10 Å². The van der Waals surface area contributed by atoms with Crippen LogP contribution in [0.25, 0.3) is 0 Å². The third-order valence-electron chi connectivity index (χ3n) is 2.72. The van der Waals surface area contributed by atoms with E-state index in [2.05, 4.69) is 6.92 Å². The molecule has 0 radical (unpaired) electrons. The molecule has 1 nitrogen and oxygen atoms in total. The third-order valence-corrected chi connectivity index (χ3v) is 2.72. The molecule has 0 saturated heterocycles. The average molecular weight is 162 g/mol. The van der Waals surface area contributed by atoms with Crippen molar-refractivity contribution in [3.05, 3.63) is 35.9 Å². The summed E-state index contributed by atoms with van der Waals surface area (Å²) in [7, 11) is 0. The molecule has 1 aliphatic rings. The number of aliphatic hydroxyl groups excluding tert-OH is 1. The van der Waals surface area contributed by atoms with Crippen LogP contribution >= 0.6 is 0 Å². The number of benzene rings is 1. The number of rotatable bonds is 2. The van der Waals surface area contributed by atoms with E-state index in [1.165, 1.54) is 6.42 Å². The summed E-state index contributed by atoms with van der Waals surface area (Å²) in [5.41, 5.74) is 1.06. The van der Waals surface area contributed by atoms with E-state index in [9.17, 15) is 5.11 Å². The fourth-order valence-electron chi connectivity index (χ4n) is 1.69. The average Bonchev–Trinajstić information content (AvgIpc) is 2.83. The zero-order valence-electron chi connectivity index (χ0n) is 7.27. The van der Waals surface area contributed by atoms with E-state index in [1.54, 1.807) is 0 Å². The molecule has 0 heterocycles. The molecule has 2 rings (SSSR count). The van der Waals surface area contributed by atoms with Gasteiger partial charge in [0.15, 0.2) is 0 Å². The highest BCUT2D eigenvalue weighted by molar-refractivity contribution is 5.19. The first-order valence-electron chi connectivity index (χ1n) is 4.52. The minimum Gasteiger partial charge on any atom is -0.388 e. The van der Waals surface area contributed by atoms with Crippen molar-refractivity contribution in [2.75, 3.05) is 0 Å². The van der Waals surface area contributed by atoms with Crippen LogP contribution in [0.4, 0.5) is 0 Å². The Kier molecular flexibility index (Phi) is 1.89. The molecule has 0 spiro atoms. The molecule has 0 aliphatic heterocycles. The number of hydrogen-bond acceptors (Lipinski definition) is 1. The Morgan fingerprint density at radius 1 is 1.33 bits per heavy atom. The predicted octanol–water partition coefficient (Wildman–Crippen LogP) is 2.38. The van der Waals surface area contributed by atoms with Crippen LogP contribution in [0.1, 0.15) is 25.0 Å². The molecule has 64 valence electrons.